The second kappa shape index (κ2) is 11.6. The molecule has 3 aromatic carbocycles. The Labute approximate surface area is 201 Å². The molecule has 3 aromatic rings. The number of rotatable bonds is 9. The summed E-state index contributed by atoms with van der Waals surface area (Å²) in [6.07, 6.45) is 3.18. The smallest absolute Gasteiger partial charge is 0.248 e. The summed E-state index contributed by atoms with van der Waals surface area (Å²) in [5, 5.41) is 3.45. The van der Waals surface area contributed by atoms with Gasteiger partial charge in [-0.05, 0) is 77.0 Å². The highest BCUT2D eigenvalue weighted by molar-refractivity contribution is 9.10. The van der Waals surface area contributed by atoms with Crippen molar-refractivity contribution < 1.29 is 19.0 Å². The van der Waals surface area contributed by atoms with Crippen LogP contribution in [0.15, 0.2) is 71.2 Å². The number of carbonyl (C=O) groups excluding carboxylic acids is 1. The normalized spacial score (nSPS) is 10.8. The summed E-state index contributed by atoms with van der Waals surface area (Å²) in [5.74, 6) is 1.63. The van der Waals surface area contributed by atoms with Gasteiger partial charge in [-0.3, -0.25) is 4.79 Å². The molecule has 0 aliphatic rings. The largest absolute Gasteiger partial charge is 0.497 e. The van der Waals surface area contributed by atoms with Crippen molar-refractivity contribution in [3.63, 3.8) is 0 Å². The van der Waals surface area contributed by atoms with Crippen molar-refractivity contribution in [3.05, 3.63) is 87.4 Å². The van der Waals surface area contributed by atoms with Gasteiger partial charge in [0, 0.05) is 22.3 Å². The third kappa shape index (κ3) is 6.52. The molecule has 5 nitrogen and oxygen atoms in total. The topological polar surface area (TPSA) is 56.8 Å². The Balaban J connectivity index is 1.72. The number of hydrogen-bond acceptors (Lipinski definition) is 4. The van der Waals surface area contributed by atoms with Crippen molar-refractivity contribution in [1.82, 2.24) is 0 Å². The second-order valence-corrected chi connectivity index (χ2v) is 7.96. The summed E-state index contributed by atoms with van der Waals surface area (Å²) in [6.45, 7) is 2.67. The van der Waals surface area contributed by atoms with E-state index in [1.165, 1.54) is 6.08 Å². The lowest BCUT2D eigenvalue weighted by atomic mass is 10.1. The monoisotopic (exact) mass is 515 g/mol. The van der Waals surface area contributed by atoms with E-state index >= 15 is 0 Å². The molecular formula is C25H23BrClNO4. The van der Waals surface area contributed by atoms with Crippen LogP contribution in [-0.2, 0) is 11.4 Å². The van der Waals surface area contributed by atoms with Gasteiger partial charge in [0.2, 0.25) is 5.91 Å². The van der Waals surface area contributed by atoms with Gasteiger partial charge in [-0.2, -0.15) is 0 Å². The van der Waals surface area contributed by atoms with E-state index in [-0.39, 0.29) is 5.91 Å². The number of carbonyl (C=O) groups is 1. The molecule has 3 rings (SSSR count). The van der Waals surface area contributed by atoms with Gasteiger partial charge in [-0.25, -0.2) is 0 Å². The molecule has 0 aromatic heterocycles. The summed E-state index contributed by atoms with van der Waals surface area (Å²) >= 11 is 9.77. The lowest BCUT2D eigenvalue weighted by molar-refractivity contribution is -0.111. The molecule has 7 heteroatoms. The fraction of sp³-hybridized carbons (Fsp3) is 0.160. The summed E-state index contributed by atoms with van der Waals surface area (Å²) in [5.41, 5.74) is 2.35. The summed E-state index contributed by atoms with van der Waals surface area (Å²) in [7, 11) is 1.60. The van der Waals surface area contributed by atoms with E-state index in [1.54, 1.807) is 37.5 Å². The van der Waals surface area contributed by atoms with E-state index in [4.69, 9.17) is 25.8 Å². The molecule has 0 heterocycles. The van der Waals surface area contributed by atoms with Crippen molar-refractivity contribution in [2.24, 2.45) is 0 Å². The molecular weight excluding hydrogens is 494 g/mol. The van der Waals surface area contributed by atoms with Crippen LogP contribution in [0.4, 0.5) is 5.69 Å². The van der Waals surface area contributed by atoms with Gasteiger partial charge in [0.1, 0.15) is 12.4 Å². The molecule has 166 valence electrons. The van der Waals surface area contributed by atoms with E-state index in [9.17, 15) is 4.79 Å². The number of anilines is 1. The van der Waals surface area contributed by atoms with Gasteiger partial charge in [-0.1, -0.05) is 29.8 Å². The third-order valence-electron chi connectivity index (χ3n) is 4.45. The summed E-state index contributed by atoms with van der Waals surface area (Å²) < 4.78 is 17.6. The van der Waals surface area contributed by atoms with Gasteiger partial charge in [-0.15, -0.1) is 0 Å². The van der Waals surface area contributed by atoms with Crippen LogP contribution in [0.3, 0.4) is 0 Å². The molecule has 0 saturated carbocycles. The minimum Gasteiger partial charge on any atom is -0.497 e. The van der Waals surface area contributed by atoms with Crippen LogP contribution in [0.5, 0.6) is 17.2 Å². The number of amides is 1. The Bertz CT molecular complexity index is 1100. The van der Waals surface area contributed by atoms with Crippen LogP contribution >= 0.6 is 27.5 Å². The molecule has 0 unspecified atom stereocenters. The van der Waals surface area contributed by atoms with E-state index < -0.39 is 0 Å². The summed E-state index contributed by atoms with van der Waals surface area (Å²) in [6, 6.07) is 18.3. The minimum atomic E-state index is -0.247. The SMILES string of the molecule is CCOc1cc(/C=C/C(=O)Nc2ccc(OC)cc2)cc(Br)c1OCc1ccccc1Cl. The van der Waals surface area contributed by atoms with E-state index in [0.717, 1.165) is 16.9 Å². The molecule has 0 aliphatic heterocycles. The predicted octanol–water partition coefficient (Wildman–Crippen LogP) is 6.74. The quantitative estimate of drug-likeness (QED) is 0.320. The van der Waals surface area contributed by atoms with Gasteiger partial charge >= 0.3 is 0 Å². The standard InChI is InChI=1S/C25H23BrClNO4/c1-3-31-23-15-17(8-13-24(29)28-19-9-11-20(30-2)12-10-19)14-21(26)25(23)32-16-18-6-4-5-7-22(18)27/h4-15H,3,16H2,1-2H3,(H,28,29)/b13-8+. The molecule has 32 heavy (non-hydrogen) atoms. The first-order valence-corrected chi connectivity index (χ1v) is 11.1. The molecule has 0 fully saturated rings. The zero-order valence-corrected chi connectivity index (χ0v) is 20.1. The Morgan fingerprint density at radius 2 is 1.84 bits per heavy atom. The predicted molar refractivity (Wildman–Crippen MR) is 132 cm³/mol. The molecule has 0 bridgehead atoms. The Morgan fingerprint density at radius 3 is 2.53 bits per heavy atom. The van der Waals surface area contributed by atoms with E-state index in [2.05, 4.69) is 21.2 Å². The number of nitrogens with one attached hydrogen (secondary N) is 1. The van der Waals surface area contributed by atoms with Crippen LogP contribution < -0.4 is 19.5 Å². The lowest BCUT2D eigenvalue weighted by Gasteiger charge is -2.15. The zero-order valence-electron chi connectivity index (χ0n) is 17.7. The molecule has 0 radical (unpaired) electrons. The molecule has 0 saturated heterocycles. The van der Waals surface area contributed by atoms with Crippen molar-refractivity contribution in [2.45, 2.75) is 13.5 Å². The number of ether oxygens (including phenoxy) is 3. The third-order valence-corrected chi connectivity index (χ3v) is 5.40. The first kappa shape index (κ1) is 23.7. The zero-order chi connectivity index (χ0) is 22.9. The number of methoxy groups -OCH3 is 1. The maximum atomic E-state index is 12.3. The molecule has 0 spiro atoms. The highest BCUT2D eigenvalue weighted by atomic mass is 79.9. The van der Waals surface area contributed by atoms with E-state index in [0.29, 0.717) is 39.9 Å². The highest BCUT2D eigenvalue weighted by Gasteiger charge is 2.13. The fourth-order valence-corrected chi connectivity index (χ4v) is 3.65. The van der Waals surface area contributed by atoms with Crippen LogP contribution in [0, 0.1) is 0 Å². The van der Waals surface area contributed by atoms with Gasteiger partial charge in [0.25, 0.3) is 0 Å². The van der Waals surface area contributed by atoms with Crippen molar-refractivity contribution >= 4 is 45.2 Å². The highest BCUT2D eigenvalue weighted by Crippen LogP contribution is 2.38. The van der Waals surface area contributed by atoms with Gasteiger partial charge in [0.15, 0.2) is 11.5 Å². The Hall–Kier alpha value is -2.96. The second-order valence-electron chi connectivity index (χ2n) is 6.69. The minimum absolute atomic E-state index is 0.247. The van der Waals surface area contributed by atoms with Crippen molar-refractivity contribution in [1.29, 1.82) is 0 Å². The lowest BCUT2D eigenvalue weighted by Crippen LogP contribution is -2.07. The molecule has 1 amide bonds. The number of benzene rings is 3. The first-order chi connectivity index (χ1) is 15.5. The number of hydrogen-bond donors (Lipinski definition) is 1. The van der Waals surface area contributed by atoms with Crippen molar-refractivity contribution in [2.75, 3.05) is 19.0 Å². The maximum absolute atomic E-state index is 12.3. The van der Waals surface area contributed by atoms with Crippen LogP contribution in [-0.4, -0.2) is 19.6 Å². The number of halogens is 2. The fourth-order valence-electron chi connectivity index (χ4n) is 2.88. The van der Waals surface area contributed by atoms with Gasteiger partial charge < -0.3 is 19.5 Å². The molecule has 0 aliphatic carbocycles. The van der Waals surface area contributed by atoms with Crippen LogP contribution in [0.2, 0.25) is 5.02 Å². The van der Waals surface area contributed by atoms with Crippen LogP contribution in [0.25, 0.3) is 6.08 Å². The Morgan fingerprint density at radius 1 is 1.09 bits per heavy atom. The Kier molecular flexibility index (Phi) is 8.59. The maximum Gasteiger partial charge on any atom is 0.248 e. The molecule has 0 atom stereocenters. The van der Waals surface area contributed by atoms with E-state index in [1.807, 2.05) is 43.3 Å². The average Bonchev–Trinajstić information content (AvgIpc) is 2.79. The summed E-state index contributed by atoms with van der Waals surface area (Å²) in [4.78, 5) is 12.3. The average molecular weight is 517 g/mol. The first-order valence-electron chi connectivity index (χ1n) is 9.95. The van der Waals surface area contributed by atoms with Crippen LogP contribution in [0.1, 0.15) is 18.1 Å². The van der Waals surface area contributed by atoms with Crippen molar-refractivity contribution in [3.8, 4) is 17.2 Å². The molecule has 1 N–H and O–H groups in total. The van der Waals surface area contributed by atoms with Gasteiger partial charge in [0.05, 0.1) is 18.2 Å².